The lowest BCUT2D eigenvalue weighted by Gasteiger charge is -2.07. The number of aliphatic hydroxyl groups is 1. The number of aliphatic carboxylic acids is 1. The maximum atomic E-state index is 11.4. The van der Waals surface area contributed by atoms with E-state index in [9.17, 15) is 9.59 Å². The molecule has 0 fully saturated rings. The van der Waals surface area contributed by atoms with Crippen molar-refractivity contribution in [2.45, 2.75) is 13.3 Å². The first-order valence-corrected chi connectivity index (χ1v) is 9.17. The summed E-state index contributed by atoms with van der Waals surface area (Å²) in [6, 6.07) is 18.3. The molecule has 0 radical (unpaired) electrons. The van der Waals surface area contributed by atoms with E-state index in [1.165, 1.54) is 0 Å². The average Bonchev–Trinajstić information content (AvgIpc) is 2.73. The fourth-order valence-corrected chi connectivity index (χ4v) is 2.63. The first-order valence-electron chi connectivity index (χ1n) is 9.17. The Balaban J connectivity index is 0.000000343. The number of carboxylic acids is 1. The number of aliphatic hydroxyl groups excluding tert-OH is 1. The number of benzene rings is 3. The minimum Gasteiger partial charge on any atom is -0.478 e. The molecule has 6 nitrogen and oxygen atoms in total. The first-order chi connectivity index (χ1) is 14.3. The summed E-state index contributed by atoms with van der Waals surface area (Å²) < 4.78 is 0. The Morgan fingerprint density at radius 2 is 1.57 bits per heavy atom. The standard InChI is InChI=1S/C19H15NO2.C5H8O3/c1-13(2)19(21)22-20-12-18-16-9-5-3-7-14(16)11-15-8-4-6-10-17(15)18;1-4(2-3-6)5(7)8/h3-12H,1H2,2H3;6H,1-3H2,(H,7,8). The van der Waals surface area contributed by atoms with Crippen molar-refractivity contribution in [1.82, 2.24) is 0 Å². The monoisotopic (exact) mass is 405 g/mol. The third kappa shape index (κ3) is 5.86. The van der Waals surface area contributed by atoms with Crippen LogP contribution in [0.2, 0.25) is 0 Å². The molecular formula is C24H23NO5. The summed E-state index contributed by atoms with van der Waals surface area (Å²) in [4.78, 5) is 26.1. The van der Waals surface area contributed by atoms with Crippen LogP contribution in [-0.4, -0.2) is 35.0 Å². The summed E-state index contributed by atoms with van der Waals surface area (Å²) in [5.74, 6) is -1.57. The molecule has 0 spiro atoms. The van der Waals surface area contributed by atoms with Gasteiger partial charge in [0.2, 0.25) is 0 Å². The Labute approximate surface area is 174 Å². The molecule has 0 aliphatic rings. The number of carbonyl (C=O) groups is 2. The predicted octanol–water partition coefficient (Wildman–Crippen LogP) is 4.46. The molecule has 6 heteroatoms. The minimum absolute atomic E-state index is 0.0486. The van der Waals surface area contributed by atoms with Gasteiger partial charge in [0, 0.05) is 29.7 Å². The molecule has 154 valence electrons. The minimum atomic E-state index is -1.04. The van der Waals surface area contributed by atoms with Crippen LogP contribution in [0.3, 0.4) is 0 Å². The number of oxime groups is 1. The average molecular weight is 405 g/mol. The number of hydrogen-bond acceptors (Lipinski definition) is 5. The Morgan fingerprint density at radius 3 is 2.00 bits per heavy atom. The van der Waals surface area contributed by atoms with Gasteiger partial charge in [-0.3, -0.25) is 0 Å². The third-order valence-electron chi connectivity index (χ3n) is 4.19. The number of nitrogens with zero attached hydrogens (tertiary/aromatic N) is 1. The first kappa shape index (κ1) is 22.5. The summed E-state index contributed by atoms with van der Waals surface area (Å²) >= 11 is 0. The fraction of sp³-hybridized carbons (Fsp3) is 0.125. The van der Waals surface area contributed by atoms with Crippen LogP contribution in [0, 0.1) is 0 Å². The van der Waals surface area contributed by atoms with Crippen LogP contribution in [-0.2, 0) is 14.4 Å². The number of hydrogen-bond donors (Lipinski definition) is 2. The fourth-order valence-electron chi connectivity index (χ4n) is 2.63. The number of carbonyl (C=O) groups excluding carboxylic acids is 1. The van der Waals surface area contributed by atoms with Gasteiger partial charge in [-0.1, -0.05) is 66.8 Å². The molecule has 30 heavy (non-hydrogen) atoms. The van der Waals surface area contributed by atoms with Gasteiger partial charge in [-0.2, -0.15) is 0 Å². The molecule has 3 aromatic rings. The largest absolute Gasteiger partial charge is 0.478 e. The number of rotatable bonds is 6. The van der Waals surface area contributed by atoms with Crippen LogP contribution in [0.5, 0.6) is 0 Å². The van der Waals surface area contributed by atoms with Crippen molar-refractivity contribution >= 4 is 39.7 Å². The van der Waals surface area contributed by atoms with E-state index in [1.54, 1.807) is 13.1 Å². The lowest BCUT2D eigenvalue weighted by molar-refractivity contribution is -0.138. The van der Waals surface area contributed by atoms with Gasteiger partial charge in [-0.25, -0.2) is 9.59 Å². The second-order valence-electron chi connectivity index (χ2n) is 6.51. The van der Waals surface area contributed by atoms with E-state index >= 15 is 0 Å². The molecule has 0 heterocycles. The van der Waals surface area contributed by atoms with Crippen LogP contribution in [0.1, 0.15) is 18.9 Å². The highest BCUT2D eigenvalue weighted by Crippen LogP contribution is 2.27. The molecule has 0 saturated heterocycles. The van der Waals surface area contributed by atoms with Crippen molar-refractivity contribution < 1.29 is 24.6 Å². The van der Waals surface area contributed by atoms with E-state index in [0.717, 1.165) is 27.1 Å². The van der Waals surface area contributed by atoms with E-state index < -0.39 is 11.9 Å². The van der Waals surface area contributed by atoms with Crippen molar-refractivity contribution in [2.24, 2.45) is 5.16 Å². The zero-order chi connectivity index (χ0) is 22.1. The van der Waals surface area contributed by atoms with Gasteiger partial charge in [-0.05, 0) is 34.5 Å². The summed E-state index contributed by atoms with van der Waals surface area (Å²) in [5.41, 5.74) is 1.30. The molecule has 3 aromatic carbocycles. The van der Waals surface area contributed by atoms with Crippen molar-refractivity contribution in [3.63, 3.8) is 0 Å². The molecule has 0 aromatic heterocycles. The molecule has 2 N–H and O–H groups in total. The smallest absolute Gasteiger partial charge is 0.360 e. The molecular weight excluding hydrogens is 382 g/mol. The van der Waals surface area contributed by atoms with Gasteiger partial charge in [0.05, 0.1) is 6.21 Å². The highest BCUT2D eigenvalue weighted by molar-refractivity contribution is 6.13. The zero-order valence-electron chi connectivity index (χ0n) is 16.7. The summed E-state index contributed by atoms with van der Waals surface area (Å²) in [7, 11) is 0. The normalized spacial score (nSPS) is 10.5. The van der Waals surface area contributed by atoms with Gasteiger partial charge in [0.25, 0.3) is 0 Å². The highest BCUT2D eigenvalue weighted by atomic mass is 16.7. The van der Waals surface area contributed by atoms with E-state index in [4.69, 9.17) is 15.1 Å². The Kier molecular flexibility index (Phi) is 8.02. The maximum absolute atomic E-state index is 11.4. The molecule has 0 bridgehead atoms. The second-order valence-corrected chi connectivity index (χ2v) is 6.51. The lowest BCUT2D eigenvalue weighted by atomic mass is 9.97. The number of carboxylic acid groups (broad SMARTS) is 1. The topological polar surface area (TPSA) is 96.2 Å². The van der Waals surface area contributed by atoms with Crippen LogP contribution in [0.15, 0.2) is 84.1 Å². The second kappa shape index (κ2) is 10.7. The summed E-state index contributed by atoms with van der Waals surface area (Å²) in [6.07, 6.45) is 1.74. The van der Waals surface area contributed by atoms with Crippen molar-refractivity contribution in [3.05, 3.63) is 84.5 Å². The molecule has 3 rings (SSSR count). The van der Waals surface area contributed by atoms with Crippen LogP contribution in [0.4, 0.5) is 0 Å². The van der Waals surface area contributed by atoms with Crippen molar-refractivity contribution in [2.75, 3.05) is 6.61 Å². The molecule has 0 unspecified atom stereocenters. The summed E-state index contributed by atoms with van der Waals surface area (Å²) in [5, 5.41) is 24.5. The van der Waals surface area contributed by atoms with E-state index in [-0.39, 0.29) is 18.6 Å². The van der Waals surface area contributed by atoms with E-state index in [2.05, 4.69) is 36.5 Å². The van der Waals surface area contributed by atoms with Gasteiger partial charge in [-0.15, -0.1) is 0 Å². The quantitative estimate of drug-likeness (QED) is 0.208. The Hall–Kier alpha value is -3.77. The third-order valence-corrected chi connectivity index (χ3v) is 4.19. The van der Waals surface area contributed by atoms with E-state index in [0.29, 0.717) is 5.57 Å². The molecule has 0 aliphatic carbocycles. The van der Waals surface area contributed by atoms with Crippen LogP contribution >= 0.6 is 0 Å². The van der Waals surface area contributed by atoms with Gasteiger partial charge in [0.15, 0.2) is 0 Å². The highest BCUT2D eigenvalue weighted by Gasteiger charge is 2.06. The molecule has 0 atom stereocenters. The molecule has 0 amide bonds. The molecule has 0 aliphatic heterocycles. The van der Waals surface area contributed by atoms with E-state index in [1.807, 2.05) is 36.4 Å². The van der Waals surface area contributed by atoms with Gasteiger partial charge in [0.1, 0.15) is 0 Å². The molecule has 0 saturated carbocycles. The number of fused-ring (bicyclic) bond motifs is 2. The van der Waals surface area contributed by atoms with Crippen LogP contribution < -0.4 is 0 Å². The van der Waals surface area contributed by atoms with Crippen molar-refractivity contribution in [3.8, 4) is 0 Å². The van der Waals surface area contributed by atoms with Gasteiger partial charge >= 0.3 is 11.9 Å². The summed E-state index contributed by atoms with van der Waals surface area (Å²) in [6.45, 7) is 8.16. The maximum Gasteiger partial charge on any atom is 0.360 e. The Bertz CT molecular complexity index is 1080. The van der Waals surface area contributed by atoms with Gasteiger partial charge < -0.3 is 15.1 Å². The SMILES string of the molecule is C=C(C)C(=O)ON=Cc1c2ccccc2cc2ccccc12.C=C(CCO)C(=O)O. The van der Waals surface area contributed by atoms with Crippen molar-refractivity contribution in [1.29, 1.82) is 0 Å². The van der Waals surface area contributed by atoms with Crippen LogP contribution in [0.25, 0.3) is 21.5 Å². The lowest BCUT2D eigenvalue weighted by Crippen LogP contribution is -2.00. The zero-order valence-corrected chi connectivity index (χ0v) is 16.7. The predicted molar refractivity (Wildman–Crippen MR) is 118 cm³/mol. The Morgan fingerprint density at radius 1 is 1.03 bits per heavy atom.